The second-order valence-corrected chi connectivity index (χ2v) is 4.39. The highest BCUT2D eigenvalue weighted by molar-refractivity contribution is 9.10. The molecular formula is C10H14BrN3O. The van der Waals surface area contributed by atoms with E-state index in [1.54, 1.807) is 12.4 Å². The first kappa shape index (κ1) is 10.9. The predicted octanol–water partition coefficient (Wildman–Crippen LogP) is 1.24. The fourth-order valence-electron chi connectivity index (χ4n) is 1.49. The molecule has 1 aliphatic heterocycles. The minimum Gasteiger partial charge on any atom is -0.381 e. The number of anilines is 1. The molecule has 15 heavy (non-hydrogen) atoms. The van der Waals surface area contributed by atoms with Crippen LogP contribution in [0.1, 0.15) is 0 Å². The summed E-state index contributed by atoms with van der Waals surface area (Å²) in [6.45, 7) is 3.47. The smallest absolute Gasteiger partial charge is 0.0872 e. The summed E-state index contributed by atoms with van der Waals surface area (Å²) in [5.74, 6) is 0. The van der Waals surface area contributed by atoms with Crippen LogP contribution < -0.4 is 10.6 Å². The van der Waals surface area contributed by atoms with Crippen LogP contribution in [0.4, 0.5) is 5.69 Å². The monoisotopic (exact) mass is 271 g/mol. The SMILES string of the molecule is Brc1cncc(NCC2CNCCO2)c1. The lowest BCUT2D eigenvalue weighted by atomic mass is 10.3. The Morgan fingerprint density at radius 2 is 2.53 bits per heavy atom. The van der Waals surface area contributed by atoms with Crippen LogP contribution in [-0.4, -0.2) is 37.3 Å². The van der Waals surface area contributed by atoms with Crippen molar-refractivity contribution < 1.29 is 4.74 Å². The first-order chi connectivity index (χ1) is 7.34. The van der Waals surface area contributed by atoms with Gasteiger partial charge in [-0.15, -0.1) is 0 Å². The lowest BCUT2D eigenvalue weighted by molar-refractivity contribution is 0.0372. The van der Waals surface area contributed by atoms with Crippen LogP contribution in [0.2, 0.25) is 0 Å². The van der Waals surface area contributed by atoms with Crippen molar-refractivity contribution in [3.05, 3.63) is 22.9 Å². The zero-order valence-electron chi connectivity index (χ0n) is 8.37. The van der Waals surface area contributed by atoms with Crippen molar-refractivity contribution in [2.24, 2.45) is 0 Å². The zero-order chi connectivity index (χ0) is 10.5. The van der Waals surface area contributed by atoms with Crippen molar-refractivity contribution in [1.29, 1.82) is 0 Å². The maximum absolute atomic E-state index is 5.57. The number of pyridine rings is 1. The van der Waals surface area contributed by atoms with Crippen LogP contribution in [0.15, 0.2) is 22.9 Å². The van der Waals surface area contributed by atoms with Crippen LogP contribution in [-0.2, 0) is 4.74 Å². The molecule has 2 N–H and O–H groups in total. The van der Waals surface area contributed by atoms with E-state index in [0.717, 1.165) is 36.4 Å². The summed E-state index contributed by atoms with van der Waals surface area (Å²) in [7, 11) is 0. The van der Waals surface area contributed by atoms with Crippen LogP contribution >= 0.6 is 15.9 Å². The number of hydrogen-bond donors (Lipinski definition) is 2. The van der Waals surface area contributed by atoms with Crippen molar-refractivity contribution in [1.82, 2.24) is 10.3 Å². The fourth-order valence-corrected chi connectivity index (χ4v) is 1.86. The lowest BCUT2D eigenvalue weighted by Gasteiger charge is -2.24. The molecule has 1 aliphatic rings. The van der Waals surface area contributed by atoms with E-state index in [1.807, 2.05) is 6.07 Å². The highest BCUT2D eigenvalue weighted by Crippen LogP contribution is 2.13. The molecule has 1 saturated heterocycles. The third-order valence-electron chi connectivity index (χ3n) is 2.24. The number of nitrogens with one attached hydrogen (secondary N) is 2. The van der Waals surface area contributed by atoms with Gasteiger partial charge in [0, 0.05) is 30.3 Å². The van der Waals surface area contributed by atoms with Gasteiger partial charge < -0.3 is 15.4 Å². The third-order valence-corrected chi connectivity index (χ3v) is 2.68. The normalized spacial score (nSPS) is 21.3. The number of aromatic nitrogens is 1. The molecule has 1 aromatic heterocycles. The van der Waals surface area contributed by atoms with E-state index < -0.39 is 0 Å². The van der Waals surface area contributed by atoms with Crippen LogP contribution in [0, 0.1) is 0 Å². The van der Waals surface area contributed by atoms with Gasteiger partial charge in [0.15, 0.2) is 0 Å². The molecule has 2 heterocycles. The highest BCUT2D eigenvalue weighted by Gasteiger charge is 2.12. The van der Waals surface area contributed by atoms with E-state index in [9.17, 15) is 0 Å². The van der Waals surface area contributed by atoms with Gasteiger partial charge in [0.25, 0.3) is 0 Å². The summed E-state index contributed by atoms with van der Waals surface area (Å²) >= 11 is 3.38. The van der Waals surface area contributed by atoms with Crippen molar-refractivity contribution in [3.8, 4) is 0 Å². The molecule has 0 aromatic carbocycles. The molecule has 0 aliphatic carbocycles. The topological polar surface area (TPSA) is 46.2 Å². The summed E-state index contributed by atoms with van der Waals surface area (Å²) in [5, 5.41) is 6.59. The maximum Gasteiger partial charge on any atom is 0.0872 e. The molecule has 2 rings (SSSR count). The van der Waals surface area contributed by atoms with Gasteiger partial charge in [-0.3, -0.25) is 4.98 Å². The largest absolute Gasteiger partial charge is 0.381 e. The van der Waals surface area contributed by atoms with Gasteiger partial charge in [0.05, 0.1) is 24.6 Å². The Kier molecular flexibility index (Phi) is 3.94. The van der Waals surface area contributed by atoms with Crippen LogP contribution in [0.5, 0.6) is 0 Å². The molecule has 0 bridgehead atoms. The molecule has 1 aromatic rings. The third kappa shape index (κ3) is 3.44. The van der Waals surface area contributed by atoms with Gasteiger partial charge >= 0.3 is 0 Å². The summed E-state index contributed by atoms with van der Waals surface area (Å²) in [4.78, 5) is 4.08. The predicted molar refractivity (Wildman–Crippen MR) is 63.0 cm³/mol. The summed E-state index contributed by atoms with van der Waals surface area (Å²) in [5.41, 5.74) is 1.01. The number of morpholine rings is 1. The molecule has 1 atom stereocenters. The van der Waals surface area contributed by atoms with E-state index in [-0.39, 0.29) is 6.10 Å². The van der Waals surface area contributed by atoms with E-state index in [0.29, 0.717) is 0 Å². The van der Waals surface area contributed by atoms with E-state index >= 15 is 0 Å². The average Bonchev–Trinajstić information content (AvgIpc) is 2.28. The quantitative estimate of drug-likeness (QED) is 0.869. The average molecular weight is 272 g/mol. The summed E-state index contributed by atoms with van der Waals surface area (Å²) < 4.78 is 6.55. The summed E-state index contributed by atoms with van der Waals surface area (Å²) in [6.07, 6.45) is 3.82. The second-order valence-electron chi connectivity index (χ2n) is 3.47. The number of nitrogens with zero attached hydrogens (tertiary/aromatic N) is 1. The van der Waals surface area contributed by atoms with Crippen molar-refractivity contribution in [2.45, 2.75) is 6.10 Å². The Hall–Kier alpha value is -0.650. The fraction of sp³-hybridized carbons (Fsp3) is 0.500. The minimum absolute atomic E-state index is 0.248. The zero-order valence-corrected chi connectivity index (χ0v) is 9.96. The van der Waals surface area contributed by atoms with Crippen molar-refractivity contribution >= 4 is 21.6 Å². The van der Waals surface area contributed by atoms with Crippen LogP contribution in [0.3, 0.4) is 0 Å². The lowest BCUT2D eigenvalue weighted by Crippen LogP contribution is -2.42. The van der Waals surface area contributed by atoms with Crippen LogP contribution in [0.25, 0.3) is 0 Å². The first-order valence-electron chi connectivity index (χ1n) is 5.01. The standard InChI is InChI=1S/C10H14BrN3O/c11-8-3-9(5-13-4-8)14-7-10-6-12-1-2-15-10/h3-5,10,12,14H,1-2,6-7H2. The number of ether oxygens (including phenoxy) is 1. The second kappa shape index (κ2) is 5.44. The van der Waals surface area contributed by atoms with Gasteiger partial charge in [-0.05, 0) is 22.0 Å². The molecule has 0 saturated carbocycles. The van der Waals surface area contributed by atoms with Gasteiger partial charge in [-0.2, -0.15) is 0 Å². The van der Waals surface area contributed by atoms with Gasteiger partial charge in [0.1, 0.15) is 0 Å². The maximum atomic E-state index is 5.57. The Morgan fingerprint density at radius 1 is 1.60 bits per heavy atom. The molecule has 0 radical (unpaired) electrons. The Balaban J connectivity index is 1.81. The van der Waals surface area contributed by atoms with E-state index in [2.05, 4.69) is 31.5 Å². The van der Waals surface area contributed by atoms with Gasteiger partial charge in [0.2, 0.25) is 0 Å². The van der Waals surface area contributed by atoms with Gasteiger partial charge in [-0.1, -0.05) is 0 Å². The molecule has 5 heteroatoms. The van der Waals surface area contributed by atoms with E-state index in [4.69, 9.17) is 4.74 Å². The minimum atomic E-state index is 0.248. The highest BCUT2D eigenvalue weighted by atomic mass is 79.9. The summed E-state index contributed by atoms with van der Waals surface area (Å²) in [6, 6.07) is 2.00. The Labute approximate surface area is 97.6 Å². The molecule has 0 amide bonds. The molecule has 1 fully saturated rings. The molecule has 0 spiro atoms. The van der Waals surface area contributed by atoms with Gasteiger partial charge in [-0.25, -0.2) is 0 Å². The number of hydrogen-bond acceptors (Lipinski definition) is 4. The molecule has 4 nitrogen and oxygen atoms in total. The Morgan fingerprint density at radius 3 is 3.27 bits per heavy atom. The van der Waals surface area contributed by atoms with Crippen molar-refractivity contribution in [2.75, 3.05) is 31.6 Å². The Bertz CT molecular complexity index is 315. The molecular weight excluding hydrogens is 258 g/mol. The van der Waals surface area contributed by atoms with E-state index in [1.165, 1.54) is 0 Å². The number of rotatable bonds is 3. The van der Waals surface area contributed by atoms with Crippen molar-refractivity contribution in [3.63, 3.8) is 0 Å². The molecule has 1 unspecified atom stereocenters. The molecule has 82 valence electrons. The number of halogens is 1. The first-order valence-corrected chi connectivity index (χ1v) is 5.80.